The Bertz CT molecular complexity index is 245. The van der Waals surface area contributed by atoms with E-state index in [2.05, 4.69) is 33.0 Å². The van der Waals surface area contributed by atoms with E-state index in [9.17, 15) is 4.79 Å². The SMILES string of the molecule is CCOC(=O)CCNCC1C(C)(C)C1(C)C. The van der Waals surface area contributed by atoms with Gasteiger partial charge in [-0.1, -0.05) is 27.7 Å². The molecule has 0 unspecified atom stereocenters. The van der Waals surface area contributed by atoms with Gasteiger partial charge in [0.05, 0.1) is 13.0 Å². The van der Waals surface area contributed by atoms with Gasteiger partial charge in [0.15, 0.2) is 0 Å². The predicted molar refractivity (Wildman–Crippen MR) is 65.2 cm³/mol. The van der Waals surface area contributed by atoms with Crippen molar-refractivity contribution in [1.29, 1.82) is 0 Å². The van der Waals surface area contributed by atoms with Crippen LogP contribution in [0.25, 0.3) is 0 Å². The van der Waals surface area contributed by atoms with Gasteiger partial charge >= 0.3 is 5.97 Å². The van der Waals surface area contributed by atoms with Crippen LogP contribution >= 0.6 is 0 Å². The van der Waals surface area contributed by atoms with Crippen LogP contribution in [0.5, 0.6) is 0 Å². The average Bonchev–Trinajstić information content (AvgIpc) is 2.54. The molecule has 16 heavy (non-hydrogen) atoms. The molecule has 94 valence electrons. The maximum Gasteiger partial charge on any atom is 0.307 e. The summed E-state index contributed by atoms with van der Waals surface area (Å²) in [6.45, 7) is 13.3. The molecule has 0 radical (unpaired) electrons. The number of nitrogens with one attached hydrogen (secondary N) is 1. The average molecular weight is 227 g/mol. The summed E-state index contributed by atoms with van der Waals surface area (Å²) >= 11 is 0. The van der Waals surface area contributed by atoms with Crippen molar-refractivity contribution in [3.8, 4) is 0 Å². The largest absolute Gasteiger partial charge is 0.466 e. The number of rotatable bonds is 6. The molecule has 0 aromatic carbocycles. The van der Waals surface area contributed by atoms with Crippen LogP contribution in [0.4, 0.5) is 0 Å². The molecular formula is C13H25NO2. The Kier molecular flexibility index (Phi) is 4.00. The number of carbonyl (C=O) groups excluding carboxylic acids is 1. The van der Waals surface area contributed by atoms with Crippen molar-refractivity contribution in [2.24, 2.45) is 16.7 Å². The van der Waals surface area contributed by atoms with Crippen LogP contribution < -0.4 is 5.32 Å². The lowest BCUT2D eigenvalue weighted by molar-refractivity contribution is -0.142. The van der Waals surface area contributed by atoms with E-state index in [0.29, 0.717) is 29.8 Å². The zero-order valence-corrected chi connectivity index (χ0v) is 11.2. The number of hydrogen-bond donors (Lipinski definition) is 1. The van der Waals surface area contributed by atoms with Gasteiger partial charge in [-0.05, 0) is 30.2 Å². The molecular weight excluding hydrogens is 202 g/mol. The lowest BCUT2D eigenvalue weighted by Gasteiger charge is -2.05. The molecule has 1 rings (SSSR count). The maximum absolute atomic E-state index is 11.1. The molecule has 0 saturated heterocycles. The van der Waals surface area contributed by atoms with E-state index in [4.69, 9.17) is 4.74 Å². The first-order valence-corrected chi connectivity index (χ1v) is 6.20. The summed E-state index contributed by atoms with van der Waals surface area (Å²) in [5.41, 5.74) is 0.841. The van der Waals surface area contributed by atoms with E-state index in [1.165, 1.54) is 0 Å². The molecule has 0 bridgehead atoms. The molecule has 0 spiro atoms. The highest BCUT2D eigenvalue weighted by molar-refractivity contribution is 5.69. The van der Waals surface area contributed by atoms with Crippen LogP contribution in [-0.2, 0) is 9.53 Å². The fraction of sp³-hybridized carbons (Fsp3) is 0.923. The Labute approximate surface area is 98.9 Å². The molecule has 0 heterocycles. The van der Waals surface area contributed by atoms with Crippen LogP contribution in [0.1, 0.15) is 41.0 Å². The second kappa shape index (κ2) is 4.74. The summed E-state index contributed by atoms with van der Waals surface area (Å²) in [4.78, 5) is 11.1. The normalized spacial score (nSPS) is 21.8. The highest BCUT2D eigenvalue weighted by Gasteiger charge is 2.63. The Balaban J connectivity index is 2.12. The fourth-order valence-corrected chi connectivity index (χ4v) is 2.51. The zero-order valence-electron chi connectivity index (χ0n) is 11.2. The molecule has 3 heteroatoms. The molecule has 0 aliphatic heterocycles. The lowest BCUT2D eigenvalue weighted by atomic mass is 10.0. The smallest absolute Gasteiger partial charge is 0.307 e. The minimum absolute atomic E-state index is 0.107. The Morgan fingerprint density at radius 2 is 1.81 bits per heavy atom. The molecule has 1 aliphatic rings. The van der Waals surface area contributed by atoms with Gasteiger partial charge in [-0.15, -0.1) is 0 Å². The van der Waals surface area contributed by atoms with Crippen molar-refractivity contribution >= 4 is 5.97 Å². The van der Waals surface area contributed by atoms with Gasteiger partial charge in [-0.3, -0.25) is 4.79 Å². The number of carbonyl (C=O) groups is 1. The summed E-state index contributed by atoms with van der Waals surface area (Å²) in [5, 5.41) is 3.35. The van der Waals surface area contributed by atoms with E-state index in [1.807, 2.05) is 6.92 Å². The quantitative estimate of drug-likeness (QED) is 0.558. The number of ether oxygens (including phenoxy) is 1. The molecule has 0 aromatic rings. The summed E-state index contributed by atoms with van der Waals surface area (Å²) in [6.07, 6.45) is 0.474. The summed E-state index contributed by atoms with van der Waals surface area (Å²) < 4.78 is 4.87. The molecule has 0 atom stereocenters. The third kappa shape index (κ3) is 2.57. The van der Waals surface area contributed by atoms with Crippen molar-refractivity contribution in [1.82, 2.24) is 5.32 Å². The highest BCUT2D eigenvalue weighted by atomic mass is 16.5. The van der Waals surface area contributed by atoms with E-state index in [1.54, 1.807) is 0 Å². The Hall–Kier alpha value is -0.570. The van der Waals surface area contributed by atoms with Crippen LogP contribution in [0, 0.1) is 16.7 Å². The second-order valence-electron chi connectivity index (χ2n) is 5.76. The minimum Gasteiger partial charge on any atom is -0.466 e. The van der Waals surface area contributed by atoms with Crippen LogP contribution in [0.2, 0.25) is 0 Å². The summed E-state index contributed by atoms with van der Waals surface area (Å²) in [5.74, 6) is 0.603. The molecule has 0 aromatic heterocycles. The third-order valence-corrected chi connectivity index (χ3v) is 4.48. The van der Waals surface area contributed by atoms with Crippen LogP contribution in [0.15, 0.2) is 0 Å². The monoisotopic (exact) mass is 227 g/mol. The molecule has 1 aliphatic carbocycles. The summed E-state index contributed by atoms with van der Waals surface area (Å²) in [7, 11) is 0. The van der Waals surface area contributed by atoms with Crippen molar-refractivity contribution in [2.75, 3.05) is 19.7 Å². The highest BCUT2D eigenvalue weighted by Crippen LogP contribution is 2.67. The van der Waals surface area contributed by atoms with Crippen molar-refractivity contribution < 1.29 is 9.53 Å². The van der Waals surface area contributed by atoms with E-state index < -0.39 is 0 Å². The molecule has 0 amide bonds. The number of hydrogen-bond acceptors (Lipinski definition) is 3. The predicted octanol–water partition coefficient (Wildman–Crippen LogP) is 2.21. The van der Waals surface area contributed by atoms with Crippen LogP contribution in [-0.4, -0.2) is 25.7 Å². The lowest BCUT2D eigenvalue weighted by Crippen LogP contribution is -2.23. The van der Waals surface area contributed by atoms with Gasteiger partial charge < -0.3 is 10.1 Å². The van der Waals surface area contributed by atoms with Crippen molar-refractivity contribution in [3.63, 3.8) is 0 Å². The Morgan fingerprint density at radius 1 is 1.25 bits per heavy atom. The first-order chi connectivity index (χ1) is 7.34. The standard InChI is InChI=1S/C13H25NO2/c1-6-16-11(15)7-8-14-9-10-12(2,3)13(10,4)5/h10,14H,6-9H2,1-5H3. The molecule has 1 N–H and O–H groups in total. The molecule has 1 saturated carbocycles. The van der Waals surface area contributed by atoms with Gasteiger partial charge in [0, 0.05) is 6.54 Å². The van der Waals surface area contributed by atoms with Gasteiger partial charge in [0.2, 0.25) is 0 Å². The van der Waals surface area contributed by atoms with E-state index in [0.717, 1.165) is 13.1 Å². The molecule has 3 nitrogen and oxygen atoms in total. The summed E-state index contributed by atoms with van der Waals surface area (Å²) in [6, 6.07) is 0. The van der Waals surface area contributed by atoms with E-state index >= 15 is 0 Å². The fourth-order valence-electron chi connectivity index (χ4n) is 2.51. The topological polar surface area (TPSA) is 38.3 Å². The van der Waals surface area contributed by atoms with Crippen LogP contribution in [0.3, 0.4) is 0 Å². The third-order valence-electron chi connectivity index (χ3n) is 4.48. The Morgan fingerprint density at radius 3 is 2.25 bits per heavy atom. The zero-order chi connectivity index (χ0) is 12.4. The van der Waals surface area contributed by atoms with Gasteiger partial charge in [0.25, 0.3) is 0 Å². The van der Waals surface area contributed by atoms with E-state index in [-0.39, 0.29) is 5.97 Å². The first-order valence-electron chi connectivity index (χ1n) is 6.20. The number of esters is 1. The second-order valence-corrected chi connectivity index (χ2v) is 5.76. The molecule has 1 fully saturated rings. The van der Waals surface area contributed by atoms with Gasteiger partial charge in [0.1, 0.15) is 0 Å². The maximum atomic E-state index is 11.1. The first kappa shape index (κ1) is 13.5. The van der Waals surface area contributed by atoms with Crippen molar-refractivity contribution in [3.05, 3.63) is 0 Å². The van der Waals surface area contributed by atoms with Gasteiger partial charge in [-0.25, -0.2) is 0 Å². The van der Waals surface area contributed by atoms with Gasteiger partial charge in [-0.2, -0.15) is 0 Å². The minimum atomic E-state index is -0.107. The van der Waals surface area contributed by atoms with Crippen molar-refractivity contribution in [2.45, 2.75) is 41.0 Å².